The first-order valence-corrected chi connectivity index (χ1v) is 5.72. The maximum absolute atomic E-state index is 11.8. The van der Waals surface area contributed by atoms with E-state index in [0.717, 1.165) is 13.1 Å². The monoisotopic (exact) mass is 228 g/mol. The first-order valence-electron chi connectivity index (χ1n) is 5.72. The summed E-state index contributed by atoms with van der Waals surface area (Å²) in [5.74, 6) is 0.00491. The molecule has 0 bridgehead atoms. The molecule has 16 heavy (non-hydrogen) atoms. The van der Waals surface area contributed by atoms with E-state index in [2.05, 4.69) is 4.90 Å². The summed E-state index contributed by atoms with van der Waals surface area (Å²) >= 11 is 0. The number of amides is 1. The highest BCUT2D eigenvalue weighted by atomic mass is 16.5. The molecule has 0 spiro atoms. The van der Waals surface area contributed by atoms with Crippen molar-refractivity contribution >= 4 is 5.91 Å². The van der Waals surface area contributed by atoms with Crippen molar-refractivity contribution in [3.05, 3.63) is 12.3 Å². The Morgan fingerprint density at radius 2 is 1.94 bits per heavy atom. The normalized spacial score (nSPS) is 11.4. The van der Waals surface area contributed by atoms with Crippen LogP contribution >= 0.6 is 0 Å². The third kappa shape index (κ3) is 6.45. The van der Waals surface area contributed by atoms with Gasteiger partial charge >= 0.3 is 0 Å². The summed E-state index contributed by atoms with van der Waals surface area (Å²) in [4.78, 5) is 15.7. The van der Waals surface area contributed by atoms with Crippen molar-refractivity contribution in [3.63, 3.8) is 0 Å². The summed E-state index contributed by atoms with van der Waals surface area (Å²) in [7, 11) is 4.00. The summed E-state index contributed by atoms with van der Waals surface area (Å²) in [6.45, 7) is 8.11. The summed E-state index contributed by atoms with van der Waals surface area (Å²) in [5, 5.41) is 0. The minimum absolute atomic E-state index is 0.00491. The lowest BCUT2D eigenvalue weighted by molar-refractivity contribution is -0.127. The van der Waals surface area contributed by atoms with Gasteiger partial charge in [-0.2, -0.15) is 0 Å². The zero-order chi connectivity index (χ0) is 12.6. The van der Waals surface area contributed by atoms with E-state index in [0.29, 0.717) is 6.61 Å². The van der Waals surface area contributed by atoms with Gasteiger partial charge in [-0.25, -0.2) is 0 Å². The number of nitrogens with zero attached hydrogens (tertiary/aromatic N) is 2. The van der Waals surface area contributed by atoms with Crippen LogP contribution in [0.5, 0.6) is 0 Å². The molecular formula is C12H24N2O2. The molecule has 4 heteroatoms. The maximum atomic E-state index is 11.8. The Labute approximate surface area is 98.9 Å². The zero-order valence-electron chi connectivity index (χ0n) is 11.1. The highest BCUT2D eigenvalue weighted by Gasteiger charge is 2.14. The molecular weight excluding hydrogens is 204 g/mol. The van der Waals surface area contributed by atoms with Gasteiger partial charge in [0, 0.05) is 25.2 Å². The van der Waals surface area contributed by atoms with Crippen LogP contribution < -0.4 is 0 Å². The van der Waals surface area contributed by atoms with Gasteiger partial charge in [0.25, 0.3) is 0 Å². The van der Waals surface area contributed by atoms with E-state index in [1.54, 1.807) is 0 Å². The molecule has 0 fully saturated rings. The van der Waals surface area contributed by atoms with Crippen molar-refractivity contribution in [1.82, 2.24) is 9.80 Å². The van der Waals surface area contributed by atoms with E-state index in [-0.39, 0.29) is 11.9 Å². The standard InChI is InChI=1S/C12H24N2O2/c1-6-16-10-7-12(15)14(11(2)3)9-8-13(4)5/h7,10-11H,6,8-9H2,1-5H3/b10-7+. The molecule has 4 nitrogen and oxygen atoms in total. The van der Waals surface area contributed by atoms with Crippen LogP contribution in [0.2, 0.25) is 0 Å². The first-order chi connectivity index (χ1) is 7.49. The largest absolute Gasteiger partial charge is 0.501 e. The van der Waals surface area contributed by atoms with Gasteiger partial charge in [-0.05, 0) is 34.9 Å². The molecule has 0 aromatic rings. The van der Waals surface area contributed by atoms with Crippen LogP contribution in [0, 0.1) is 0 Å². The van der Waals surface area contributed by atoms with Gasteiger partial charge in [-0.1, -0.05) is 0 Å². The Kier molecular flexibility index (Phi) is 7.64. The second-order valence-electron chi connectivity index (χ2n) is 4.19. The van der Waals surface area contributed by atoms with Gasteiger partial charge < -0.3 is 14.5 Å². The van der Waals surface area contributed by atoms with Gasteiger partial charge in [0.2, 0.25) is 5.91 Å². The van der Waals surface area contributed by atoms with Crippen LogP contribution in [-0.2, 0) is 9.53 Å². The molecule has 0 heterocycles. The third-order valence-electron chi connectivity index (χ3n) is 2.17. The SMILES string of the molecule is CCO/C=C/C(=O)N(CCN(C)C)C(C)C. The molecule has 0 aromatic carbocycles. The lowest BCUT2D eigenvalue weighted by atomic mass is 10.3. The van der Waals surface area contributed by atoms with E-state index in [1.165, 1.54) is 12.3 Å². The van der Waals surface area contributed by atoms with Crippen LogP contribution in [0.4, 0.5) is 0 Å². The summed E-state index contributed by atoms with van der Waals surface area (Å²) in [6, 6.07) is 0.207. The molecule has 0 aliphatic heterocycles. The number of carbonyl (C=O) groups excluding carboxylic acids is 1. The average molecular weight is 228 g/mol. The molecule has 0 radical (unpaired) electrons. The lowest BCUT2D eigenvalue weighted by Gasteiger charge is -2.26. The Balaban J connectivity index is 4.24. The minimum atomic E-state index is 0.00491. The number of rotatable bonds is 7. The van der Waals surface area contributed by atoms with Gasteiger partial charge in [0.05, 0.1) is 12.9 Å². The fraction of sp³-hybridized carbons (Fsp3) is 0.750. The molecule has 94 valence electrons. The third-order valence-corrected chi connectivity index (χ3v) is 2.17. The van der Waals surface area contributed by atoms with Crippen LogP contribution in [0.3, 0.4) is 0 Å². The number of hydrogen-bond donors (Lipinski definition) is 0. The van der Waals surface area contributed by atoms with E-state index >= 15 is 0 Å². The van der Waals surface area contributed by atoms with E-state index in [4.69, 9.17) is 4.74 Å². The predicted octanol–water partition coefficient (Wildman–Crippen LogP) is 1.34. The van der Waals surface area contributed by atoms with E-state index in [9.17, 15) is 4.79 Å². The Morgan fingerprint density at radius 1 is 1.31 bits per heavy atom. The fourth-order valence-corrected chi connectivity index (χ4v) is 1.23. The number of ether oxygens (including phenoxy) is 1. The van der Waals surface area contributed by atoms with Crippen molar-refractivity contribution in [2.75, 3.05) is 33.8 Å². The second-order valence-corrected chi connectivity index (χ2v) is 4.19. The highest BCUT2D eigenvalue weighted by molar-refractivity contribution is 5.87. The van der Waals surface area contributed by atoms with Crippen LogP contribution in [0.1, 0.15) is 20.8 Å². The van der Waals surface area contributed by atoms with E-state index in [1.807, 2.05) is 39.8 Å². The zero-order valence-corrected chi connectivity index (χ0v) is 11.1. The molecule has 0 saturated heterocycles. The van der Waals surface area contributed by atoms with Crippen LogP contribution in [0.15, 0.2) is 12.3 Å². The Hall–Kier alpha value is -1.03. The molecule has 0 N–H and O–H groups in total. The van der Waals surface area contributed by atoms with Crippen molar-refractivity contribution in [2.45, 2.75) is 26.8 Å². The first kappa shape index (κ1) is 15.0. The topological polar surface area (TPSA) is 32.8 Å². The number of likely N-dealkylation sites (N-methyl/N-ethyl adjacent to an activating group) is 1. The molecule has 0 saturated carbocycles. The number of hydrogen-bond acceptors (Lipinski definition) is 3. The molecule has 0 aliphatic carbocycles. The van der Waals surface area contributed by atoms with Crippen LogP contribution in [0.25, 0.3) is 0 Å². The van der Waals surface area contributed by atoms with Crippen molar-refractivity contribution in [2.24, 2.45) is 0 Å². The Bertz CT molecular complexity index is 225. The van der Waals surface area contributed by atoms with Crippen LogP contribution in [-0.4, -0.2) is 55.5 Å². The molecule has 0 aromatic heterocycles. The second kappa shape index (κ2) is 8.16. The quantitative estimate of drug-likeness (QED) is 0.487. The molecule has 0 atom stereocenters. The predicted molar refractivity (Wildman–Crippen MR) is 66.2 cm³/mol. The minimum Gasteiger partial charge on any atom is -0.501 e. The smallest absolute Gasteiger partial charge is 0.249 e. The lowest BCUT2D eigenvalue weighted by Crippen LogP contribution is -2.40. The van der Waals surface area contributed by atoms with Gasteiger partial charge in [-0.3, -0.25) is 4.79 Å². The molecule has 1 amide bonds. The number of carbonyl (C=O) groups is 1. The summed E-state index contributed by atoms with van der Waals surface area (Å²) < 4.78 is 5.02. The van der Waals surface area contributed by atoms with Gasteiger partial charge in [-0.15, -0.1) is 0 Å². The van der Waals surface area contributed by atoms with Crippen molar-refractivity contribution in [1.29, 1.82) is 0 Å². The van der Waals surface area contributed by atoms with Gasteiger partial charge in [0.15, 0.2) is 0 Å². The molecule has 0 aliphatic rings. The highest BCUT2D eigenvalue weighted by Crippen LogP contribution is 2.00. The molecule has 0 rings (SSSR count). The Morgan fingerprint density at radius 3 is 2.38 bits per heavy atom. The van der Waals surface area contributed by atoms with E-state index < -0.39 is 0 Å². The molecule has 0 unspecified atom stereocenters. The summed E-state index contributed by atoms with van der Waals surface area (Å²) in [6.07, 6.45) is 2.95. The van der Waals surface area contributed by atoms with Crippen molar-refractivity contribution < 1.29 is 9.53 Å². The summed E-state index contributed by atoms with van der Waals surface area (Å²) in [5.41, 5.74) is 0. The maximum Gasteiger partial charge on any atom is 0.249 e. The van der Waals surface area contributed by atoms with Gasteiger partial charge in [0.1, 0.15) is 0 Å². The fourth-order valence-electron chi connectivity index (χ4n) is 1.23. The van der Waals surface area contributed by atoms with Crippen molar-refractivity contribution in [3.8, 4) is 0 Å². The average Bonchev–Trinajstić information content (AvgIpc) is 2.17.